The highest BCUT2D eigenvalue weighted by molar-refractivity contribution is 7.91. The summed E-state index contributed by atoms with van der Waals surface area (Å²) < 4.78 is 33.4. The predicted molar refractivity (Wildman–Crippen MR) is 135 cm³/mol. The molecule has 0 aliphatic carbocycles. The van der Waals surface area contributed by atoms with E-state index in [1.54, 1.807) is 47.8 Å². The van der Waals surface area contributed by atoms with Crippen LogP contribution < -0.4 is 10.1 Å². The van der Waals surface area contributed by atoms with Gasteiger partial charge in [-0.3, -0.25) is 4.79 Å². The molecule has 0 radical (unpaired) electrons. The Hall–Kier alpha value is -2.68. The molecule has 0 bridgehead atoms. The Morgan fingerprint density at radius 2 is 1.82 bits per heavy atom. The summed E-state index contributed by atoms with van der Waals surface area (Å²) in [6, 6.07) is 20.8. The van der Waals surface area contributed by atoms with Crippen LogP contribution in [0.2, 0.25) is 0 Å². The van der Waals surface area contributed by atoms with Gasteiger partial charge >= 0.3 is 0 Å². The Morgan fingerprint density at radius 1 is 1.06 bits per heavy atom. The normalized spacial score (nSPS) is 15.2. The Kier molecular flexibility index (Phi) is 8.03. The molecule has 3 aromatic rings. The SMILES string of the molecule is COc1cccc(C(=O)NCc2ccc(S(=O)(=O)N3CCC(CCc4ccccc4)CC3)s2)c1. The van der Waals surface area contributed by atoms with E-state index in [1.807, 2.05) is 6.07 Å². The zero-order valence-electron chi connectivity index (χ0n) is 19.3. The van der Waals surface area contributed by atoms with Crippen molar-refractivity contribution < 1.29 is 17.9 Å². The fourth-order valence-electron chi connectivity index (χ4n) is 4.21. The molecule has 6 nitrogen and oxygen atoms in total. The van der Waals surface area contributed by atoms with Crippen molar-refractivity contribution in [3.8, 4) is 5.75 Å². The predicted octanol–water partition coefficient (Wildman–Crippen LogP) is 4.72. The van der Waals surface area contributed by atoms with Gasteiger partial charge in [0.1, 0.15) is 9.96 Å². The van der Waals surface area contributed by atoms with Crippen LogP contribution in [-0.4, -0.2) is 38.8 Å². The van der Waals surface area contributed by atoms with Crippen molar-refractivity contribution in [3.05, 3.63) is 82.7 Å². The highest BCUT2D eigenvalue weighted by Crippen LogP contribution is 2.30. The average molecular weight is 499 g/mol. The molecule has 2 aromatic carbocycles. The lowest BCUT2D eigenvalue weighted by molar-refractivity contribution is 0.0951. The number of amides is 1. The molecule has 8 heteroatoms. The summed E-state index contributed by atoms with van der Waals surface area (Å²) in [5, 5.41) is 2.85. The number of hydrogen-bond donors (Lipinski definition) is 1. The van der Waals surface area contributed by atoms with Crippen LogP contribution >= 0.6 is 11.3 Å². The van der Waals surface area contributed by atoms with Gasteiger partial charge in [0, 0.05) is 23.5 Å². The third-order valence-corrected chi connectivity index (χ3v) is 9.70. The third kappa shape index (κ3) is 6.05. The van der Waals surface area contributed by atoms with E-state index in [0.29, 0.717) is 34.5 Å². The Morgan fingerprint density at radius 3 is 2.56 bits per heavy atom. The number of rotatable bonds is 9. The highest BCUT2D eigenvalue weighted by Gasteiger charge is 2.30. The highest BCUT2D eigenvalue weighted by atomic mass is 32.2. The molecule has 1 N–H and O–H groups in total. The number of nitrogens with zero attached hydrogens (tertiary/aromatic N) is 1. The lowest BCUT2D eigenvalue weighted by atomic mass is 9.91. The van der Waals surface area contributed by atoms with Crippen molar-refractivity contribution in [2.24, 2.45) is 5.92 Å². The molecule has 4 rings (SSSR count). The molecule has 1 amide bonds. The second-order valence-corrected chi connectivity index (χ2v) is 11.8. The maximum absolute atomic E-state index is 13.2. The molecular formula is C26H30N2O4S2. The van der Waals surface area contributed by atoms with Crippen LogP contribution in [0.3, 0.4) is 0 Å². The van der Waals surface area contributed by atoms with Gasteiger partial charge in [0.05, 0.1) is 13.7 Å². The molecular weight excluding hydrogens is 468 g/mol. The largest absolute Gasteiger partial charge is 0.497 e. The second kappa shape index (κ2) is 11.2. The zero-order valence-corrected chi connectivity index (χ0v) is 20.9. The van der Waals surface area contributed by atoms with Gasteiger partial charge in [0.25, 0.3) is 15.9 Å². The van der Waals surface area contributed by atoms with E-state index in [9.17, 15) is 13.2 Å². The van der Waals surface area contributed by atoms with Crippen molar-refractivity contribution in [1.29, 1.82) is 0 Å². The van der Waals surface area contributed by atoms with E-state index >= 15 is 0 Å². The number of benzene rings is 2. The van der Waals surface area contributed by atoms with Crippen LogP contribution in [0.1, 0.15) is 40.1 Å². The number of hydrogen-bond acceptors (Lipinski definition) is 5. The quantitative estimate of drug-likeness (QED) is 0.463. The van der Waals surface area contributed by atoms with Gasteiger partial charge in [-0.2, -0.15) is 4.31 Å². The van der Waals surface area contributed by atoms with E-state index in [2.05, 4.69) is 29.6 Å². The molecule has 1 aliphatic rings. The molecule has 0 unspecified atom stereocenters. The van der Waals surface area contributed by atoms with Gasteiger partial charge in [-0.05, 0) is 67.5 Å². The summed E-state index contributed by atoms with van der Waals surface area (Å²) in [5.41, 5.74) is 1.83. The van der Waals surface area contributed by atoms with E-state index in [4.69, 9.17) is 4.74 Å². The first-order valence-electron chi connectivity index (χ1n) is 11.5. The van der Waals surface area contributed by atoms with Crippen LogP contribution in [-0.2, 0) is 23.0 Å². The smallest absolute Gasteiger partial charge is 0.252 e. The van der Waals surface area contributed by atoms with Crippen molar-refractivity contribution >= 4 is 27.3 Å². The number of carbonyl (C=O) groups is 1. The van der Waals surface area contributed by atoms with Gasteiger partial charge in [0.2, 0.25) is 0 Å². The minimum absolute atomic E-state index is 0.228. The summed E-state index contributed by atoms with van der Waals surface area (Å²) >= 11 is 1.22. The number of aryl methyl sites for hydroxylation is 1. The van der Waals surface area contributed by atoms with Crippen molar-refractivity contribution in [2.45, 2.75) is 36.4 Å². The molecule has 1 aliphatic heterocycles. The van der Waals surface area contributed by atoms with E-state index < -0.39 is 10.0 Å². The molecule has 1 saturated heterocycles. The summed E-state index contributed by atoms with van der Waals surface area (Å²) in [6.45, 7) is 1.39. The Balaban J connectivity index is 1.29. The standard InChI is InChI=1S/C26H30N2O4S2/c1-32-23-9-5-8-22(18-23)26(29)27-19-24-12-13-25(33-24)34(30,31)28-16-14-21(15-17-28)11-10-20-6-3-2-4-7-20/h2-9,12-13,18,21H,10-11,14-17,19H2,1H3,(H,27,29). The molecule has 0 spiro atoms. The number of thiophene rings is 1. The Bertz CT molecular complexity index is 1200. The topological polar surface area (TPSA) is 75.7 Å². The Labute approximate surface area is 205 Å². The lowest BCUT2D eigenvalue weighted by Crippen LogP contribution is -2.38. The van der Waals surface area contributed by atoms with Crippen LogP contribution in [0.4, 0.5) is 0 Å². The molecule has 2 heterocycles. The number of piperidine rings is 1. The molecule has 1 aromatic heterocycles. The fraction of sp³-hybridized carbons (Fsp3) is 0.346. The van der Waals surface area contributed by atoms with Crippen LogP contribution in [0, 0.1) is 5.92 Å². The van der Waals surface area contributed by atoms with Crippen molar-refractivity contribution in [2.75, 3.05) is 20.2 Å². The molecule has 180 valence electrons. The van der Waals surface area contributed by atoms with Gasteiger partial charge < -0.3 is 10.1 Å². The van der Waals surface area contributed by atoms with E-state index in [0.717, 1.165) is 30.6 Å². The van der Waals surface area contributed by atoms with Crippen molar-refractivity contribution in [1.82, 2.24) is 9.62 Å². The molecule has 0 saturated carbocycles. The molecule has 34 heavy (non-hydrogen) atoms. The van der Waals surface area contributed by atoms with Gasteiger partial charge in [-0.15, -0.1) is 11.3 Å². The third-order valence-electron chi connectivity index (χ3n) is 6.24. The monoisotopic (exact) mass is 498 g/mol. The summed E-state index contributed by atoms with van der Waals surface area (Å²) in [4.78, 5) is 13.2. The van der Waals surface area contributed by atoms with Crippen LogP contribution in [0.5, 0.6) is 5.75 Å². The second-order valence-electron chi connectivity index (χ2n) is 8.51. The maximum atomic E-state index is 13.2. The van der Waals surface area contributed by atoms with Gasteiger partial charge in [-0.1, -0.05) is 36.4 Å². The number of methoxy groups -OCH3 is 1. The van der Waals surface area contributed by atoms with Gasteiger partial charge in [-0.25, -0.2) is 8.42 Å². The first-order chi connectivity index (χ1) is 16.5. The minimum Gasteiger partial charge on any atom is -0.497 e. The van der Waals surface area contributed by atoms with Crippen LogP contribution in [0.15, 0.2) is 70.9 Å². The minimum atomic E-state index is -3.51. The summed E-state index contributed by atoms with van der Waals surface area (Å²) in [5.74, 6) is 0.938. The number of ether oxygens (including phenoxy) is 1. The number of nitrogens with one attached hydrogen (secondary N) is 1. The van der Waals surface area contributed by atoms with Gasteiger partial charge in [0.15, 0.2) is 0 Å². The average Bonchev–Trinajstić information content (AvgIpc) is 3.37. The van der Waals surface area contributed by atoms with E-state index in [1.165, 1.54) is 16.9 Å². The van der Waals surface area contributed by atoms with E-state index in [-0.39, 0.29) is 12.5 Å². The number of sulfonamides is 1. The molecule has 1 fully saturated rings. The lowest BCUT2D eigenvalue weighted by Gasteiger charge is -2.30. The molecule has 0 atom stereocenters. The zero-order chi connectivity index (χ0) is 24.0. The van der Waals surface area contributed by atoms with Crippen molar-refractivity contribution in [3.63, 3.8) is 0 Å². The summed E-state index contributed by atoms with van der Waals surface area (Å²) in [7, 11) is -1.96. The summed E-state index contributed by atoms with van der Waals surface area (Å²) in [6.07, 6.45) is 3.91. The first-order valence-corrected chi connectivity index (χ1v) is 13.8. The number of carbonyl (C=O) groups excluding carboxylic acids is 1. The fourth-order valence-corrected chi connectivity index (χ4v) is 7.13. The van der Waals surface area contributed by atoms with Crippen LogP contribution in [0.25, 0.3) is 0 Å². The first kappa shape index (κ1) is 24.4. The maximum Gasteiger partial charge on any atom is 0.252 e.